The predicted octanol–water partition coefficient (Wildman–Crippen LogP) is 4.59. The molecule has 2 heterocycles. The number of aromatic nitrogens is 2. The molecule has 1 saturated carbocycles. The molecule has 1 amide bonds. The first kappa shape index (κ1) is 19.2. The first-order chi connectivity index (χ1) is 13.8. The standard InChI is InChI=1S/C24H26N4O/c1-15-8-9-18(24(15,2)3)11-20-21(23(26)29)13-27-28-14-17(10-22(20)28)19-7-5-4-6-16(19)12-25/h4-7,10,13-15,18H,8-9,11H2,1-3H3,(H2,26,29). The first-order valence-corrected chi connectivity index (χ1v) is 10.1. The summed E-state index contributed by atoms with van der Waals surface area (Å²) in [6.07, 6.45) is 6.64. The van der Waals surface area contributed by atoms with Crippen molar-refractivity contribution in [3.8, 4) is 17.2 Å². The van der Waals surface area contributed by atoms with Crippen LogP contribution in [0.1, 0.15) is 55.1 Å². The van der Waals surface area contributed by atoms with Gasteiger partial charge in [-0.05, 0) is 54.2 Å². The third-order valence-corrected chi connectivity index (χ3v) is 7.09. The number of amides is 1. The number of nitrogens with zero attached hydrogens (tertiary/aromatic N) is 3. The van der Waals surface area contributed by atoms with Crippen LogP contribution in [0.25, 0.3) is 16.6 Å². The van der Waals surface area contributed by atoms with Crippen LogP contribution in [-0.4, -0.2) is 15.5 Å². The number of hydrogen-bond donors (Lipinski definition) is 1. The lowest BCUT2D eigenvalue weighted by molar-refractivity contribution is 0.0998. The van der Waals surface area contributed by atoms with Gasteiger partial charge in [-0.3, -0.25) is 4.79 Å². The Kier molecular flexibility index (Phi) is 4.66. The van der Waals surface area contributed by atoms with E-state index < -0.39 is 5.91 Å². The highest BCUT2D eigenvalue weighted by Crippen LogP contribution is 2.49. The Hall–Kier alpha value is -3.13. The van der Waals surface area contributed by atoms with Gasteiger partial charge in [0.2, 0.25) is 0 Å². The molecule has 1 aromatic carbocycles. The van der Waals surface area contributed by atoms with Crippen molar-refractivity contribution in [1.82, 2.24) is 9.61 Å². The molecule has 1 aliphatic rings. The third kappa shape index (κ3) is 3.19. The van der Waals surface area contributed by atoms with Gasteiger partial charge in [-0.25, -0.2) is 4.52 Å². The number of hydrogen-bond acceptors (Lipinski definition) is 3. The maximum atomic E-state index is 12.2. The Morgan fingerprint density at radius 2 is 2.10 bits per heavy atom. The molecule has 29 heavy (non-hydrogen) atoms. The van der Waals surface area contributed by atoms with Crippen molar-refractivity contribution in [1.29, 1.82) is 5.26 Å². The molecule has 0 bridgehead atoms. The van der Waals surface area contributed by atoms with Gasteiger partial charge in [-0.15, -0.1) is 0 Å². The number of carbonyl (C=O) groups is 1. The highest BCUT2D eigenvalue weighted by Gasteiger charge is 2.40. The van der Waals surface area contributed by atoms with Crippen LogP contribution in [0.5, 0.6) is 0 Å². The van der Waals surface area contributed by atoms with Gasteiger partial charge in [0.1, 0.15) is 0 Å². The first-order valence-electron chi connectivity index (χ1n) is 10.1. The summed E-state index contributed by atoms with van der Waals surface area (Å²) in [6.45, 7) is 6.96. The lowest BCUT2D eigenvalue weighted by atomic mass is 9.73. The average Bonchev–Trinajstić information content (AvgIpc) is 3.24. The van der Waals surface area contributed by atoms with Crippen molar-refractivity contribution < 1.29 is 4.79 Å². The fourth-order valence-corrected chi connectivity index (χ4v) is 4.72. The number of carbonyl (C=O) groups excluding carboxylic acids is 1. The van der Waals surface area contributed by atoms with Crippen LogP contribution in [0.4, 0.5) is 0 Å². The van der Waals surface area contributed by atoms with E-state index >= 15 is 0 Å². The molecule has 0 spiro atoms. The van der Waals surface area contributed by atoms with Gasteiger partial charge >= 0.3 is 0 Å². The van der Waals surface area contributed by atoms with Crippen LogP contribution in [-0.2, 0) is 6.42 Å². The zero-order chi connectivity index (χ0) is 20.8. The number of rotatable bonds is 4. The Labute approximate surface area is 171 Å². The number of nitriles is 1. The molecular formula is C24H26N4O. The van der Waals surface area contributed by atoms with E-state index in [1.807, 2.05) is 36.5 Å². The summed E-state index contributed by atoms with van der Waals surface area (Å²) in [7, 11) is 0. The summed E-state index contributed by atoms with van der Waals surface area (Å²) >= 11 is 0. The summed E-state index contributed by atoms with van der Waals surface area (Å²) in [5.74, 6) is 0.679. The molecule has 0 aliphatic heterocycles. The minimum absolute atomic E-state index is 0.206. The largest absolute Gasteiger partial charge is 0.366 e. The second-order valence-electron chi connectivity index (χ2n) is 8.82. The number of fused-ring (bicyclic) bond motifs is 1. The van der Waals surface area contributed by atoms with E-state index in [0.29, 0.717) is 23.0 Å². The molecule has 5 nitrogen and oxygen atoms in total. The number of benzene rings is 1. The lowest BCUT2D eigenvalue weighted by Crippen LogP contribution is -2.26. The van der Waals surface area contributed by atoms with Crippen molar-refractivity contribution in [2.75, 3.05) is 0 Å². The summed E-state index contributed by atoms with van der Waals surface area (Å²) in [5.41, 5.74) is 10.6. The Morgan fingerprint density at radius 1 is 1.34 bits per heavy atom. The monoisotopic (exact) mass is 386 g/mol. The van der Waals surface area contributed by atoms with Crippen LogP contribution in [0, 0.1) is 28.6 Å². The Balaban J connectivity index is 1.86. The highest BCUT2D eigenvalue weighted by molar-refractivity contribution is 5.96. The summed E-state index contributed by atoms with van der Waals surface area (Å²) in [6, 6.07) is 11.8. The maximum Gasteiger partial charge on any atom is 0.250 e. The van der Waals surface area contributed by atoms with E-state index in [2.05, 4.69) is 31.9 Å². The molecule has 2 atom stereocenters. The van der Waals surface area contributed by atoms with E-state index in [4.69, 9.17) is 5.73 Å². The molecule has 0 saturated heterocycles. The lowest BCUT2D eigenvalue weighted by Gasteiger charge is -2.31. The molecule has 2 N–H and O–H groups in total. The second-order valence-corrected chi connectivity index (χ2v) is 8.82. The molecule has 0 radical (unpaired) electrons. The van der Waals surface area contributed by atoms with Gasteiger partial charge in [0.05, 0.1) is 28.9 Å². The van der Waals surface area contributed by atoms with Gasteiger partial charge < -0.3 is 5.73 Å². The Morgan fingerprint density at radius 3 is 2.76 bits per heavy atom. The number of primary amides is 1. The van der Waals surface area contributed by atoms with Crippen molar-refractivity contribution in [2.24, 2.45) is 23.0 Å². The van der Waals surface area contributed by atoms with Crippen LogP contribution in [0.2, 0.25) is 0 Å². The van der Waals surface area contributed by atoms with E-state index in [0.717, 1.165) is 35.0 Å². The molecule has 148 valence electrons. The Bertz CT molecular complexity index is 1140. The van der Waals surface area contributed by atoms with Gasteiger partial charge in [-0.1, -0.05) is 39.0 Å². The zero-order valence-electron chi connectivity index (χ0n) is 17.1. The molecule has 2 aromatic heterocycles. The van der Waals surface area contributed by atoms with Crippen LogP contribution in [0.3, 0.4) is 0 Å². The molecule has 1 aliphatic carbocycles. The van der Waals surface area contributed by atoms with E-state index in [1.54, 1.807) is 10.7 Å². The second kappa shape index (κ2) is 7.04. The normalized spacial score (nSPS) is 20.6. The molecule has 2 unspecified atom stereocenters. The molecule has 1 fully saturated rings. The fraction of sp³-hybridized carbons (Fsp3) is 0.375. The van der Waals surface area contributed by atoms with E-state index in [-0.39, 0.29) is 5.41 Å². The highest BCUT2D eigenvalue weighted by atomic mass is 16.1. The molecule has 3 aromatic rings. The topological polar surface area (TPSA) is 84.2 Å². The van der Waals surface area contributed by atoms with E-state index in [1.165, 1.54) is 6.42 Å². The fourth-order valence-electron chi connectivity index (χ4n) is 4.72. The smallest absolute Gasteiger partial charge is 0.250 e. The maximum absolute atomic E-state index is 12.2. The van der Waals surface area contributed by atoms with Crippen LogP contribution in [0.15, 0.2) is 42.7 Å². The van der Waals surface area contributed by atoms with E-state index in [9.17, 15) is 10.1 Å². The summed E-state index contributed by atoms with van der Waals surface area (Å²) in [5, 5.41) is 13.9. The van der Waals surface area contributed by atoms with Crippen molar-refractivity contribution in [2.45, 2.75) is 40.0 Å². The molecule has 4 rings (SSSR count). The average molecular weight is 386 g/mol. The SMILES string of the molecule is CC1CCC(Cc2c(C(N)=O)cnn3cc(-c4ccccc4C#N)cc23)C1(C)C. The summed E-state index contributed by atoms with van der Waals surface area (Å²) in [4.78, 5) is 12.2. The minimum Gasteiger partial charge on any atom is -0.366 e. The van der Waals surface area contributed by atoms with Crippen molar-refractivity contribution in [3.63, 3.8) is 0 Å². The van der Waals surface area contributed by atoms with Gasteiger partial charge in [0, 0.05) is 17.3 Å². The van der Waals surface area contributed by atoms with Crippen LogP contribution >= 0.6 is 0 Å². The number of nitrogens with two attached hydrogens (primary N) is 1. The zero-order valence-corrected chi connectivity index (χ0v) is 17.1. The third-order valence-electron chi connectivity index (χ3n) is 7.09. The van der Waals surface area contributed by atoms with Gasteiger partial charge in [0.15, 0.2) is 0 Å². The molecule has 5 heteroatoms. The minimum atomic E-state index is -0.445. The van der Waals surface area contributed by atoms with Crippen LogP contribution < -0.4 is 5.73 Å². The van der Waals surface area contributed by atoms with Gasteiger partial charge in [0.25, 0.3) is 5.91 Å². The quantitative estimate of drug-likeness (QED) is 0.712. The summed E-state index contributed by atoms with van der Waals surface area (Å²) < 4.78 is 1.80. The van der Waals surface area contributed by atoms with Gasteiger partial charge in [-0.2, -0.15) is 10.4 Å². The van der Waals surface area contributed by atoms with Crippen molar-refractivity contribution in [3.05, 3.63) is 59.4 Å². The van der Waals surface area contributed by atoms with Crippen molar-refractivity contribution >= 4 is 11.4 Å². The predicted molar refractivity (Wildman–Crippen MR) is 113 cm³/mol. The molecular weight excluding hydrogens is 360 g/mol.